The Balaban J connectivity index is 1.79. The van der Waals surface area contributed by atoms with Gasteiger partial charge < -0.3 is 19.9 Å². The second-order valence-electron chi connectivity index (χ2n) is 5.62. The minimum atomic E-state index is -0.352. The zero-order chi connectivity index (χ0) is 17.8. The normalized spacial score (nSPS) is 10.5. The van der Waals surface area contributed by atoms with Gasteiger partial charge in [0.15, 0.2) is 0 Å². The Kier molecular flexibility index (Phi) is 4.70. The lowest BCUT2D eigenvalue weighted by molar-refractivity contribution is 0.251. The van der Waals surface area contributed by atoms with E-state index < -0.39 is 0 Å². The van der Waals surface area contributed by atoms with Gasteiger partial charge in [0.2, 0.25) is 0 Å². The fraction of sp³-hybridized carbons (Fsp3) is 0.158. The van der Waals surface area contributed by atoms with Crippen LogP contribution in [0.15, 0.2) is 59.5 Å². The molecule has 25 heavy (non-hydrogen) atoms. The van der Waals surface area contributed by atoms with Crippen LogP contribution in [0.4, 0.5) is 10.5 Å². The second kappa shape index (κ2) is 7.09. The Hall–Kier alpha value is -3.28. The molecule has 1 aromatic heterocycles. The number of pyridine rings is 1. The van der Waals surface area contributed by atoms with Crippen LogP contribution in [0, 0.1) is 0 Å². The first-order valence-electron chi connectivity index (χ1n) is 7.85. The molecule has 0 atom stereocenters. The number of nitrogens with zero attached hydrogens (tertiary/aromatic N) is 1. The summed E-state index contributed by atoms with van der Waals surface area (Å²) in [6.45, 7) is 0.333. The van der Waals surface area contributed by atoms with Crippen LogP contribution in [0.3, 0.4) is 0 Å². The van der Waals surface area contributed by atoms with Gasteiger partial charge in [-0.15, -0.1) is 0 Å². The third-order valence-corrected chi connectivity index (χ3v) is 3.97. The van der Waals surface area contributed by atoms with Crippen molar-refractivity contribution in [1.29, 1.82) is 0 Å². The van der Waals surface area contributed by atoms with Crippen LogP contribution in [-0.4, -0.2) is 17.7 Å². The van der Waals surface area contributed by atoms with E-state index in [1.54, 1.807) is 32.5 Å². The smallest absolute Gasteiger partial charge is 0.319 e. The Morgan fingerprint density at radius 2 is 1.76 bits per heavy atom. The van der Waals surface area contributed by atoms with E-state index in [2.05, 4.69) is 10.6 Å². The van der Waals surface area contributed by atoms with Gasteiger partial charge in [0.1, 0.15) is 5.75 Å². The van der Waals surface area contributed by atoms with Crippen molar-refractivity contribution in [3.8, 4) is 5.75 Å². The summed E-state index contributed by atoms with van der Waals surface area (Å²) in [7, 11) is 3.25. The molecule has 0 spiro atoms. The molecular weight excluding hydrogens is 318 g/mol. The quantitative estimate of drug-likeness (QED) is 0.769. The monoisotopic (exact) mass is 337 g/mol. The molecule has 6 nitrogen and oxygen atoms in total. The number of hydrogen-bond donors (Lipinski definition) is 2. The van der Waals surface area contributed by atoms with Crippen molar-refractivity contribution in [3.63, 3.8) is 0 Å². The number of urea groups is 1. The highest BCUT2D eigenvalue weighted by Crippen LogP contribution is 2.20. The molecule has 0 fully saturated rings. The molecule has 6 heteroatoms. The van der Waals surface area contributed by atoms with Gasteiger partial charge in [-0.2, -0.15) is 0 Å². The van der Waals surface area contributed by atoms with Crippen molar-refractivity contribution < 1.29 is 9.53 Å². The number of anilines is 1. The molecule has 2 N–H and O–H groups in total. The number of fused-ring (bicyclic) bond motifs is 1. The van der Waals surface area contributed by atoms with Gasteiger partial charge >= 0.3 is 6.03 Å². The summed E-state index contributed by atoms with van der Waals surface area (Å²) in [5.41, 5.74) is 1.36. The number of carbonyl (C=O) groups excluding carboxylic acids is 1. The maximum absolute atomic E-state index is 12.3. The molecule has 0 aliphatic carbocycles. The summed E-state index contributed by atoms with van der Waals surface area (Å²) in [6.07, 6.45) is 1.62. The van der Waals surface area contributed by atoms with E-state index in [0.717, 1.165) is 11.3 Å². The zero-order valence-electron chi connectivity index (χ0n) is 14.1. The number of benzene rings is 2. The molecule has 0 saturated heterocycles. The third kappa shape index (κ3) is 3.47. The number of amides is 2. The number of para-hydroxylation sites is 1. The average molecular weight is 337 g/mol. The molecule has 0 aliphatic heterocycles. The summed E-state index contributed by atoms with van der Waals surface area (Å²) in [6, 6.07) is 14.3. The maximum Gasteiger partial charge on any atom is 0.319 e. The summed E-state index contributed by atoms with van der Waals surface area (Å²) >= 11 is 0. The molecule has 2 amide bonds. The van der Waals surface area contributed by atoms with Gasteiger partial charge in [-0.1, -0.05) is 36.4 Å². The number of nitrogens with one attached hydrogen (secondary N) is 2. The first kappa shape index (κ1) is 16.6. The highest BCUT2D eigenvalue weighted by Gasteiger charge is 2.10. The number of rotatable bonds is 4. The molecule has 2 aromatic carbocycles. The fourth-order valence-electron chi connectivity index (χ4n) is 2.71. The van der Waals surface area contributed by atoms with Crippen LogP contribution in [0.2, 0.25) is 0 Å². The molecule has 0 saturated carbocycles. The van der Waals surface area contributed by atoms with Crippen LogP contribution in [0.25, 0.3) is 10.8 Å². The molecule has 0 radical (unpaired) electrons. The highest BCUT2D eigenvalue weighted by molar-refractivity contribution is 6.00. The predicted molar refractivity (Wildman–Crippen MR) is 98.0 cm³/mol. The van der Waals surface area contributed by atoms with E-state index in [0.29, 0.717) is 23.0 Å². The zero-order valence-corrected chi connectivity index (χ0v) is 14.1. The average Bonchev–Trinajstić information content (AvgIpc) is 2.64. The van der Waals surface area contributed by atoms with Gasteiger partial charge in [0.25, 0.3) is 5.56 Å². The van der Waals surface area contributed by atoms with E-state index in [4.69, 9.17) is 4.74 Å². The van der Waals surface area contributed by atoms with Gasteiger partial charge in [-0.05, 0) is 12.1 Å². The standard InChI is InChI=1S/C19H19N3O3/c1-22-12-16(14-8-4-5-9-15(14)18(22)23)21-19(24)20-11-13-7-3-6-10-17(13)25-2/h3-10,12H,11H2,1-2H3,(H2,20,21,24). The Labute approximate surface area is 145 Å². The second-order valence-corrected chi connectivity index (χ2v) is 5.62. The van der Waals surface area contributed by atoms with Crippen molar-refractivity contribution in [2.75, 3.05) is 12.4 Å². The van der Waals surface area contributed by atoms with E-state index in [1.165, 1.54) is 4.57 Å². The lowest BCUT2D eigenvalue weighted by Gasteiger charge is -2.13. The summed E-state index contributed by atoms with van der Waals surface area (Å²) in [5.74, 6) is 0.718. The first-order valence-corrected chi connectivity index (χ1v) is 7.85. The summed E-state index contributed by atoms with van der Waals surface area (Å²) in [4.78, 5) is 24.4. The Morgan fingerprint density at radius 1 is 1.08 bits per heavy atom. The van der Waals surface area contributed by atoms with Crippen LogP contribution >= 0.6 is 0 Å². The largest absolute Gasteiger partial charge is 0.496 e. The molecule has 1 heterocycles. The van der Waals surface area contributed by atoms with Crippen LogP contribution in [-0.2, 0) is 13.6 Å². The number of methoxy groups -OCH3 is 1. The first-order chi connectivity index (χ1) is 12.1. The third-order valence-electron chi connectivity index (χ3n) is 3.97. The molecule has 128 valence electrons. The van der Waals surface area contributed by atoms with Crippen molar-refractivity contribution in [2.45, 2.75) is 6.54 Å². The predicted octanol–water partition coefficient (Wildman–Crippen LogP) is 2.87. The lowest BCUT2D eigenvalue weighted by Crippen LogP contribution is -2.29. The number of ether oxygens (including phenoxy) is 1. The Morgan fingerprint density at radius 3 is 2.52 bits per heavy atom. The van der Waals surface area contributed by atoms with Crippen molar-refractivity contribution in [3.05, 3.63) is 70.6 Å². The number of aromatic nitrogens is 1. The molecule has 0 unspecified atom stereocenters. The number of aryl methyl sites for hydroxylation is 1. The minimum absolute atomic E-state index is 0.101. The Bertz CT molecular complexity index is 979. The van der Waals surface area contributed by atoms with Crippen molar-refractivity contribution in [1.82, 2.24) is 9.88 Å². The topological polar surface area (TPSA) is 72.4 Å². The highest BCUT2D eigenvalue weighted by atomic mass is 16.5. The van der Waals surface area contributed by atoms with Crippen molar-refractivity contribution >= 4 is 22.5 Å². The van der Waals surface area contributed by atoms with Crippen LogP contribution in [0.1, 0.15) is 5.56 Å². The van der Waals surface area contributed by atoms with Crippen LogP contribution in [0.5, 0.6) is 5.75 Å². The fourth-order valence-corrected chi connectivity index (χ4v) is 2.71. The summed E-state index contributed by atoms with van der Waals surface area (Å²) in [5, 5.41) is 6.88. The van der Waals surface area contributed by atoms with Gasteiger partial charge in [-0.3, -0.25) is 4.79 Å². The lowest BCUT2D eigenvalue weighted by atomic mass is 10.1. The number of carbonyl (C=O) groups is 1. The maximum atomic E-state index is 12.3. The van der Waals surface area contributed by atoms with E-state index in [-0.39, 0.29) is 11.6 Å². The molecule has 0 aliphatic rings. The van der Waals surface area contributed by atoms with E-state index in [9.17, 15) is 9.59 Å². The molecule has 3 aromatic rings. The van der Waals surface area contributed by atoms with Gasteiger partial charge in [0.05, 0.1) is 12.8 Å². The van der Waals surface area contributed by atoms with E-state index in [1.807, 2.05) is 36.4 Å². The summed E-state index contributed by atoms with van der Waals surface area (Å²) < 4.78 is 6.73. The number of hydrogen-bond acceptors (Lipinski definition) is 3. The SMILES string of the molecule is COc1ccccc1CNC(=O)Nc1cn(C)c(=O)c2ccccc12. The molecule has 0 bridgehead atoms. The van der Waals surface area contributed by atoms with E-state index >= 15 is 0 Å². The van der Waals surface area contributed by atoms with Gasteiger partial charge in [-0.25, -0.2) is 4.79 Å². The van der Waals surface area contributed by atoms with Crippen LogP contribution < -0.4 is 20.9 Å². The van der Waals surface area contributed by atoms with Crippen molar-refractivity contribution in [2.24, 2.45) is 7.05 Å². The molecule has 3 rings (SSSR count). The minimum Gasteiger partial charge on any atom is -0.496 e. The molecular formula is C19H19N3O3. The van der Waals surface area contributed by atoms with Gasteiger partial charge in [0, 0.05) is 36.1 Å².